The number of hydrogen-bond donors (Lipinski definition) is 0. The molecule has 2 nitrogen and oxygen atoms in total. The van der Waals surface area contributed by atoms with Crippen molar-refractivity contribution in [2.45, 2.75) is 18.3 Å². The molecule has 0 aliphatic carbocycles. The lowest BCUT2D eigenvalue weighted by molar-refractivity contribution is 0.315. The van der Waals surface area contributed by atoms with E-state index in [2.05, 4.69) is 30.0 Å². The van der Waals surface area contributed by atoms with E-state index in [1.807, 2.05) is 12.1 Å². The monoisotopic (exact) mass is 272 g/mol. The molecule has 1 atom stereocenters. The molecule has 0 bridgehead atoms. The highest BCUT2D eigenvalue weighted by Gasteiger charge is 2.24. The van der Waals surface area contributed by atoms with E-state index in [1.165, 1.54) is 12.1 Å². The van der Waals surface area contributed by atoms with E-state index in [1.54, 1.807) is 0 Å². The van der Waals surface area contributed by atoms with E-state index in [4.69, 9.17) is 23.2 Å². The van der Waals surface area contributed by atoms with Crippen LogP contribution in [0.1, 0.15) is 12.0 Å². The number of alkyl halides is 1. The van der Waals surface area contributed by atoms with Crippen LogP contribution in [0.25, 0.3) is 0 Å². The van der Waals surface area contributed by atoms with Crippen LogP contribution >= 0.6 is 23.2 Å². The Bertz CT molecular complexity index is 393. The lowest BCUT2D eigenvalue weighted by atomic mass is 10.2. The Balaban J connectivity index is 2.11. The fraction of sp³-hybridized carbons (Fsp3) is 0.538. The molecule has 0 saturated carbocycles. The number of benzene rings is 1. The van der Waals surface area contributed by atoms with Crippen molar-refractivity contribution in [1.29, 1.82) is 0 Å². The smallest absolute Gasteiger partial charge is 0.0488 e. The van der Waals surface area contributed by atoms with Gasteiger partial charge in [-0.3, -0.25) is 0 Å². The van der Waals surface area contributed by atoms with Crippen LogP contribution in [0.15, 0.2) is 18.2 Å². The number of anilines is 1. The fourth-order valence-corrected chi connectivity index (χ4v) is 2.78. The highest BCUT2D eigenvalue weighted by molar-refractivity contribution is 6.32. The number of halogens is 2. The maximum Gasteiger partial charge on any atom is 0.0488 e. The maximum absolute atomic E-state index is 6.19. The third-order valence-electron chi connectivity index (χ3n) is 3.44. The lowest BCUT2D eigenvalue weighted by Gasteiger charge is -2.22. The van der Waals surface area contributed by atoms with E-state index in [-0.39, 0.29) is 0 Å². The average molecular weight is 273 g/mol. The van der Waals surface area contributed by atoms with Gasteiger partial charge in [0.1, 0.15) is 0 Å². The van der Waals surface area contributed by atoms with Gasteiger partial charge in [-0.25, -0.2) is 0 Å². The molecule has 1 fully saturated rings. The molecule has 1 aromatic rings. The Morgan fingerprint density at radius 3 is 2.71 bits per heavy atom. The summed E-state index contributed by atoms with van der Waals surface area (Å²) >= 11 is 12.0. The molecular weight excluding hydrogens is 255 g/mol. The molecule has 0 radical (unpaired) electrons. The SMILES string of the molecule is CN(C)C1CCN(c2ccc(CCl)c(Cl)c2)C1. The van der Waals surface area contributed by atoms with Crippen LogP contribution in [0.5, 0.6) is 0 Å². The van der Waals surface area contributed by atoms with Gasteiger partial charge in [0.2, 0.25) is 0 Å². The molecule has 1 heterocycles. The molecule has 0 spiro atoms. The van der Waals surface area contributed by atoms with Gasteiger partial charge >= 0.3 is 0 Å². The second kappa shape index (κ2) is 5.47. The van der Waals surface area contributed by atoms with Crippen LogP contribution in [-0.2, 0) is 5.88 Å². The minimum Gasteiger partial charge on any atom is -0.370 e. The second-order valence-electron chi connectivity index (χ2n) is 4.76. The zero-order chi connectivity index (χ0) is 12.4. The van der Waals surface area contributed by atoms with E-state index in [0.717, 1.165) is 23.7 Å². The molecule has 1 aliphatic rings. The first-order chi connectivity index (χ1) is 8.11. The first-order valence-electron chi connectivity index (χ1n) is 5.87. The summed E-state index contributed by atoms with van der Waals surface area (Å²) in [5.41, 5.74) is 2.20. The van der Waals surface area contributed by atoms with Crippen LogP contribution in [0.4, 0.5) is 5.69 Å². The van der Waals surface area contributed by atoms with Crippen LogP contribution in [0, 0.1) is 0 Å². The number of likely N-dealkylation sites (N-methyl/N-ethyl adjacent to an activating group) is 1. The van der Waals surface area contributed by atoms with Crippen molar-refractivity contribution in [3.05, 3.63) is 28.8 Å². The fourth-order valence-electron chi connectivity index (χ4n) is 2.24. The predicted molar refractivity (Wildman–Crippen MR) is 75.3 cm³/mol. The molecule has 0 N–H and O–H groups in total. The van der Waals surface area contributed by atoms with Gasteiger partial charge in [-0.15, -0.1) is 11.6 Å². The van der Waals surface area contributed by atoms with Gasteiger partial charge in [0.05, 0.1) is 0 Å². The molecule has 94 valence electrons. The summed E-state index contributed by atoms with van der Waals surface area (Å²) in [7, 11) is 4.27. The van der Waals surface area contributed by atoms with Gasteiger partial charge in [-0.2, -0.15) is 0 Å². The van der Waals surface area contributed by atoms with Crippen LogP contribution in [0.2, 0.25) is 5.02 Å². The first-order valence-corrected chi connectivity index (χ1v) is 6.79. The van der Waals surface area contributed by atoms with Crippen LogP contribution < -0.4 is 4.90 Å². The summed E-state index contributed by atoms with van der Waals surface area (Å²) < 4.78 is 0. The zero-order valence-corrected chi connectivity index (χ0v) is 11.8. The van der Waals surface area contributed by atoms with Gasteiger partial charge in [-0.1, -0.05) is 17.7 Å². The maximum atomic E-state index is 6.19. The summed E-state index contributed by atoms with van der Waals surface area (Å²) in [5.74, 6) is 0.472. The predicted octanol–water partition coefficient (Wildman–Crippen LogP) is 3.22. The number of nitrogens with zero attached hydrogens (tertiary/aromatic N) is 2. The zero-order valence-electron chi connectivity index (χ0n) is 10.3. The molecule has 2 rings (SSSR count). The number of rotatable bonds is 3. The quantitative estimate of drug-likeness (QED) is 0.780. The second-order valence-corrected chi connectivity index (χ2v) is 5.44. The first kappa shape index (κ1) is 13.0. The minimum atomic E-state index is 0.472. The molecule has 1 aliphatic heterocycles. The van der Waals surface area contributed by atoms with E-state index >= 15 is 0 Å². The van der Waals surface area contributed by atoms with Gasteiger partial charge in [-0.05, 0) is 38.2 Å². The average Bonchev–Trinajstić information content (AvgIpc) is 2.78. The highest BCUT2D eigenvalue weighted by Crippen LogP contribution is 2.27. The Morgan fingerprint density at radius 1 is 1.41 bits per heavy atom. The Labute approximate surface area is 113 Å². The Kier molecular flexibility index (Phi) is 4.18. The Hall–Kier alpha value is -0.440. The van der Waals surface area contributed by atoms with Crippen molar-refractivity contribution in [3.63, 3.8) is 0 Å². The van der Waals surface area contributed by atoms with Crippen molar-refractivity contribution >= 4 is 28.9 Å². The molecule has 17 heavy (non-hydrogen) atoms. The topological polar surface area (TPSA) is 6.48 Å². The molecule has 4 heteroatoms. The van der Waals surface area contributed by atoms with Gasteiger partial charge in [0, 0.05) is 35.7 Å². The third-order valence-corrected chi connectivity index (χ3v) is 4.08. The molecule has 0 aromatic heterocycles. The van der Waals surface area contributed by atoms with Crippen molar-refractivity contribution in [1.82, 2.24) is 4.90 Å². The van der Waals surface area contributed by atoms with Crippen molar-refractivity contribution < 1.29 is 0 Å². The van der Waals surface area contributed by atoms with Gasteiger partial charge < -0.3 is 9.80 Å². The minimum absolute atomic E-state index is 0.472. The number of hydrogen-bond acceptors (Lipinski definition) is 2. The summed E-state index contributed by atoms with van der Waals surface area (Å²) in [6.07, 6.45) is 1.21. The summed E-state index contributed by atoms with van der Waals surface area (Å²) in [5, 5.41) is 0.769. The molecule has 1 aromatic carbocycles. The highest BCUT2D eigenvalue weighted by atomic mass is 35.5. The summed E-state index contributed by atoms with van der Waals surface area (Å²) in [4.78, 5) is 4.67. The van der Waals surface area contributed by atoms with Crippen LogP contribution in [-0.4, -0.2) is 38.1 Å². The standard InChI is InChI=1S/C13H18Cl2N2/c1-16(2)12-5-6-17(9-12)11-4-3-10(8-14)13(15)7-11/h3-4,7,12H,5-6,8-9H2,1-2H3. The largest absolute Gasteiger partial charge is 0.370 e. The van der Waals surface area contributed by atoms with E-state index in [9.17, 15) is 0 Å². The molecular formula is C13H18Cl2N2. The van der Waals surface area contributed by atoms with Crippen molar-refractivity contribution in [2.24, 2.45) is 0 Å². The third kappa shape index (κ3) is 2.87. The van der Waals surface area contributed by atoms with E-state index < -0.39 is 0 Å². The summed E-state index contributed by atoms with van der Waals surface area (Å²) in [6, 6.07) is 6.80. The Morgan fingerprint density at radius 2 is 2.18 bits per heavy atom. The summed E-state index contributed by atoms with van der Waals surface area (Å²) in [6.45, 7) is 2.17. The van der Waals surface area contributed by atoms with Crippen molar-refractivity contribution in [3.8, 4) is 0 Å². The molecule has 0 amide bonds. The molecule has 1 saturated heterocycles. The normalized spacial score (nSPS) is 20.3. The van der Waals surface area contributed by atoms with E-state index in [0.29, 0.717) is 11.9 Å². The molecule has 1 unspecified atom stereocenters. The van der Waals surface area contributed by atoms with Crippen LogP contribution in [0.3, 0.4) is 0 Å². The van der Waals surface area contributed by atoms with Crippen molar-refractivity contribution in [2.75, 3.05) is 32.1 Å². The lowest BCUT2D eigenvalue weighted by Crippen LogP contribution is -2.31. The van der Waals surface area contributed by atoms with Gasteiger partial charge in [0.15, 0.2) is 0 Å². The van der Waals surface area contributed by atoms with Gasteiger partial charge in [0.25, 0.3) is 0 Å².